The van der Waals surface area contributed by atoms with E-state index >= 15 is 0 Å². The van der Waals surface area contributed by atoms with Crippen molar-refractivity contribution in [2.24, 2.45) is 5.10 Å². The standard InChI is InChI=1S/C16H17N3O3/c1-10-4-6-13(8-11(10)2)18-15(20)16(21)19-17-9-14-7-5-12(3)22-14/h4-9H,1-3H3,(H,18,20)(H,19,21). The van der Waals surface area contributed by atoms with Gasteiger partial charge in [-0.25, -0.2) is 5.43 Å². The molecule has 0 saturated heterocycles. The molecule has 6 nitrogen and oxygen atoms in total. The van der Waals surface area contributed by atoms with Gasteiger partial charge in [0.2, 0.25) is 0 Å². The third-order valence-electron chi connectivity index (χ3n) is 3.09. The predicted octanol–water partition coefficient (Wildman–Crippen LogP) is 2.29. The summed E-state index contributed by atoms with van der Waals surface area (Å²) in [7, 11) is 0. The van der Waals surface area contributed by atoms with Gasteiger partial charge in [-0.15, -0.1) is 0 Å². The average molecular weight is 299 g/mol. The number of hydrogen-bond donors (Lipinski definition) is 2. The molecule has 0 saturated carbocycles. The summed E-state index contributed by atoms with van der Waals surface area (Å²) in [6, 6.07) is 8.90. The van der Waals surface area contributed by atoms with Gasteiger partial charge < -0.3 is 9.73 Å². The lowest BCUT2D eigenvalue weighted by Crippen LogP contribution is -2.32. The first kappa shape index (κ1) is 15.5. The number of rotatable bonds is 3. The highest BCUT2D eigenvalue weighted by Crippen LogP contribution is 2.13. The molecule has 2 rings (SSSR count). The number of carbonyl (C=O) groups is 2. The van der Waals surface area contributed by atoms with Crippen LogP contribution in [0.4, 0.5) is 5.69 Å². The Hall–Kier alpha value is -2.89. The number of hydrazone groups is 1. The van der Waals surface area contributed by atoms with Gasteiger partial charge in [0, 0.05) is 5.69 Å². The molecule has 6 heteroatoms. The van der Waals surface area contributed by atoms with Crippen molar-refractivity contribution in [3.63, 3.8) is 0 Å². The highest BCUT2D eigenvalue weighted by atomic mass is 16.3. The number of furan rings is 1. The lowest BCUT2D eigenvalue weighted by molar-refractivity contribution is -0.136. The molecule has 0 atom stereocenters. The van der Waals surface area contributed by atoms with Crippen molar-refractivity contribution >= 4 is 23.7 Å². The van der Waals surface area contributed by atoms with Gasteiger partial charge in [-0.2, -0.15) is 5.10 Å². The highest BCUT2D eigenvalue weighted by Gasteiger charge is 2.13. The van der Waals surface area contributed by atoms with Crippen LogP contribution >= 0.6 is 0 Å². The molecular formula is C16H17N3O3. The Bertz CT molecular complexity index is 732. The second-order valence-corrected chi connectivity index (χ2v) is 4.90. The predicted molar refractivity (Wildman–Crippen MR) is 83.7 cm³/mol. The molecule has 2 N–H and O–H groups in total. The van der Waals surface area contributed by atoms with Crippen LogP contribution in [-0.2, 0) is 9.59 Å². The second kappa shape index (κ2) is 6.71. The third-order valence-corrected chi connectivity index (χ3v) is 3.09. The number of nitrogens with zero attached hydrogens (tertiary/aromatic N) is 1. The van der Waals surface area contributed by atoms with Gasteiger partial charge >= 0.3 is 11.8 Å². The molecule has 1 aromatic carbocycles. The Morgan fingerprint density at radius 3 is 2.45 bits per heavy atom. The van der Waals surface area contributed by atoms with E-state index < -0.39 is 11.8 Å². The highest BCUT2D eigenvalue weighted by molar-refractivity contribution is 6.39. The lowest BCUT2D eigenvalue weighted by Gasteiger charge is -2.06. The average Bonchev–Trinajstić information content (AvgIpc) is 2.88. The first-order chi connectivity index (χ1) is 10.5. The molecule has 1 heterocycles. The molecule has 0 aliphatic carbocycles. The van der Waals surface area contributed by atoms with E-state index in [1.165, 1.54) is 6.21 Å². The van der Waals surface area contributed by atoms with E-state index in [2.05, 4.69) is 15.8 Å². The number of amides is 2. The molecule has 0 fully saturated rings. The van der Waals surface area contributed by atoms with Crippen molar-refractivity contribution in [2.45, 2.75) is 20.8 Å². The summed E-state index contributed by atoms with van der Waals surface area (Å²) >= 11 is 0. The first-order valence-electron chi connectivity index (χ1n) is 6.74. The maximum Gasteiger partial charge on any atom is 0.329 e. The van der Waals surface area contributed by atoms with Crippen LogP contribution in [0.3, 0.4) is 0 Å². The lowest BCUT2D eigenvalue weighted by atomic mass is 10.1. The Balaban J connectivity index is 1.90. The number of nitrogens with one attached hydrogen (secondary N) is 2. The molecule has 1 aromatic heterocycles. The fourth-order valence-electron chi connectivity index (χ4n) is 1.74. The van der Waals surface area contributed by atoms with Crippen LogP contribution in [0.2, 0.25) is 0 Å². The van der Waals surface area contributed by atoms with Crippen LogP contribution in [0, 0.1) is 20.8 Å². The number of benzene rings is 1. The van der Waals surface area contributed by atoms with E-state index in [1.54, 1.807) is 31.2 Å². The maximum atomic E-state index is 11.7. The van der Waals surface area contributed by atoms with E-state index in [9.17, 15) is 9.59 Å². The van der Waals surface area contributed by atoms with E-state index in [4.69, 9.17) is 4.42 Å². The van der Waals surface area contributed by atoms with Crippen LogP contribution in [0.15, 0.2) is 39.9 Å². The van der Waals surface area contributed by atoms with Crippen LogP contribution in [0.25, 0.3) is 0 Å². The van der Waals surface area contributed by atoms with Gasteiger partial charge in [0.1, 0.15) is 11.5 Å². The topological polar surface area (TPSA) is 83.7 Å². The van der Waals surface area contributed by atoms with Crippen LogP contribution in [0.5, 0.6) is 0 Å². The van der Waals surface area contributed by atoms with Gasteiger partial charge in [0.25, 0.3) is 0 Å². The van der Waals surface area contributed by atoms with E-state index in [0.29, 0.717) is 11.4 Å². The summed E-state index contributed by atoms with van der Waals surface area (Å²) in [5.74, 6) is -0.401. The molecule has 22 heavy (non-hydrogen) atoms. The molecule has 0 unspecified atom stereocenters. The molecule has 0 spiro atoms. The Morgan fingerprint density at radius 2 is 1.82 bits per heavy atom. The largest absolute Gasteiger partial charge is 0.460 e. The van der Waals surface area contributed by atoms with E-state index in [1.807, 2.05) is 19.9 Å². The Morgan fingerprint density at radius 1 is 1.05 bits per heavy atom. The SMILES string of the molecule is Cc1ccc(C=NNC(=O)C(=O)Nc2ccc(C)c(C)c2)o1. The number of carbonyl (C=O) groups excluding carboxylic acids is 2. The van der Waals surface area contributed by atoms with Crippen molar-refractivity contribution in [2.75, 3.05) is 5.32 Å². The summed E-state index contributed by atoms with van der Waals surface area (Å²) in [6.07, 6.45) is 1.33. The second-order valence-electron chi connectivity index (χ2n) is 4.90. The van der Waals surface area contributed by atoms with Crippen molar-refractivity contribution in [1.82, 2.24) is 5.43 Å². The van der Waals surface area contributed by atoms with Gasteiger partial charge in [0.15, 0.2) is 0 Å². The van der Waals surface area contributed by atoms with Crippen LogP contribution in [-0.4, -0.2) is 18.0 Å². The minimum atomic E-state index is -0.849. The molecule has 0 radical (unpaired) electrons. The maximum absolute atomic E-state index is 11.7. The number of hydrogen-bond acceptors (Lipinski definition) is 4. The minimum absolute atomic E-state index is 0.493. The zero-order valence-electron chi connectivity index (χ0n) is 12.6. The molecule has 2 aromatic rings. The molecule has 2 amide bonds. The molecule has 0 aliphatic rings. The number of aryl methyl sites for hydroxylation is 3. The Labute approximate surface area is 128 Å². The summed E-state index contributed by atoms with van der Waals surface area (Å²) in [5, 5.41) is 6.18. The molecule has 0 bridgehead atoms. The normalized spacial score (nSPS) is 10.7. The quantitative estimate of drug-likeness (QED) is 0.518. The van der Waals surface area contributed by atoms with Gasteiger partial charge in [-0.1, -0.05) is 6.07 Å². The van der Waals surface area contributed by atoms with E-state index in [0.717, 1.165) is 16.9 Å². The third kappa shape index (κ3) is 4.05. The van der Waals surface area contributed by atoms with Crippen LogP contribution in [0.1, 0.15) is 22.6 Å². The van der Waals surface area contributed by atoms with Crippen LogP contribution < -0.4 is 10.7 Å². The Kier molecular flexibility index (Phi) is 4.73. The minimum Gasteiger partial charge on any atom is -0.460 e. The summed E-state index contributed by atoms with van der Waals surface area (Å²) in [4.78, 5) is 23.4. The van der Waals surface area contributed by atoms with Crippen molar-refractivity contribution < 1.29 is 14.0 Å². The van der Waals surface area contributed by atoms with Crippen molar-refractivity contribution in [3.8, 4) is 0 Å². The summed E-state index contributed by atoms with van der Waals surface area (Å²) in [5.41, 5.74) is 4.85. The zero-order valence-corrected chi connectivity index (χ0v) is 12.6. The summed E-state index contributed by atoms with van der Waals surface area (Å²) in [6.45, 7) is 5.70. The monoisotopic (exact) mass is 299 g/mol. The fourth-order valence-corrected chi connectivity index (χ4v) is 1.74. The molecular weight excluding hydrogens is 282 g/mol. The van der Waals surface area contributed by atoms with Gasteiger partial charge in [0.05, 0.1) is 6.21 Å². The smallest absolute Gasteiger partial charge is 0.329 e. The number of anilines is 1. The zero-order chi connectivity index (χ0) is 16.1. The van der Waals surface area contributed by atoms with Gasteiger partial charge in [-0.05, 0) is 56.2 Å². The van der Waals surface area contributed by atoms with E-state index in [-0.39, 0.29) is 0 Å². The molecule has 114 valence electrons. The fraction of sp³-hybridized carbons (Fsp3) is 0.188. The summed E-state index contributed by atoms with van der Waals surface area (Å²) < 4.78 is 5.24. The first-order valence-corrected chi connectivity index (χ1v) is 6.74. The molecule has 0 aliphatic heterocycles. The van der Waals surface area contributed by atoms with Crippen molar-refractivity contribution in [1.29, 1.82) is 0 Å². The van der Waals surface area contributed by atoms with Gasteiger partial charge in [-0.3, -0.25) is 9.59 Å². The van der Waals surface area contributed by atoms with Crippen molar-refractivity contribution in [3.05, 3.63) is 53.0 Å².